The molecule has 0 spiro atoms. The summed E-state index contributed by atoms with van der Waals surface area (Å²) < 4.78 is 25.2. The molecular weight excluding hydrogens is 203 g/mol. The Hall–Kier alpha value is 0.332. The highest BCUT2D eigenvalue weighted by Crippen LogP contribution is 1.95. The minimum Gasteiger partial charge on any atom is -0.512 e. The zero-order valence-corrected chi connectivity index (χ0v) is 9.89. The van der Waals surface area contributed by atoms with Gasteiger partial charge in [-0.2, -0.15) is 0 Å². The fourth-order valence-electron chi connectivity index (χ4n) is 0.749. The zero-order valence-electron chi connectivity index (χ0n) is 8.73. The van der Waals surface area contributed by atoms with Crippen LogP contribution in [0, 0.1) is 0 Å². The molecule has 0 atom stereocenters. The van der Waals surface area contributed by atoms with E-state index in [1.807, 2.05) is 0 Å². The predicted octanol–water partition coefficient (Wildman–Crippen LogP) is -0.261. The van der Waals surface area contributed by atoms with E-state index in [-0.39, 0.29) is 6.29 Å². The van der Waals surface area contributed by atoms with Gasteiger partial charge < -0.3 is 22.7 Å². The maximum atomic E-state index is 5.33. The molecule has 0 aliphatic rings. The molecule has 0 heterocycles. The molecule has 0 N–H and O–H groups in total. The van der Waals surface area contributed by atoms with Crippen LogP contribution in [0.15, 0.2) is 0 Å². The van der Waals surface area contributed by atoms with Gasteiger partial charge in [-0.15, -0.1) is 0 Å². The van der Waals surface area contributed by atoms with E-state index in [0.717, 1.165) is 0 Å². The van der Waals surface area contributed by atoms with Crippen molar-refractivity contribution in [2.45, 2.75) is 6.29 Å². The van der Waals surface area contributed by atoms with Crippen LogP contribution in [0.4, 0.5) is 0 Å². The Morgan fingerprint density at radius 1 is 0.929 bits per heavy atom. The van der Waals surface area contributed by atoms with E-state index in [0.29, 0.717) is 33.0 Å². The van der Waals surface area contributed by atoms with Gasteiger partial charge in [-0.25, -0.2) is 0 Å². The monoisotopic (exact) mass is 220 g/mol. The molecule has 0 rings (SSSR count). The van der Waals surface area contributed by atoms with Gasteiger partial charge in [-0.05, 0) is 0 Å². The first-order valence-corrected chi connectivity index (χ1v) is 4.85. The molecule has 14 heavy (non-hydrogen) atoms. The van der Waals surface area contributed by atoms with E-state index in [1.54, 1.807) is 14.2 Å². The Bertz CT molecular complexity index is 104. The summed E-state index contributed by atoms with van der Waals surface area (Å²) >= 11 is 2.16. The standard InChI is InChI=1S/C8H17O5.Al/c1-10-3-5-12-8(7-9)13-6-4-11-2;/h8H,3-7H2,1-2H3;/q-1;+1. The lowest BCUT2D eigenvalue weighted by molar-refractivity contribution is -0.168. The van der Waals surface area contributed by atoms with Crippen molar-refractivity contribution in [3.05, 3.63) is 0 Å². The van der Waals surface area contributed by atoms with Gasteiger partial charge in [0.05, 0.1) is 33.0 Å². The normalized spacial score (nSPS) is 11.1. The maximum Gasteiger partial charge on any atom is 0.369 e. The fourth-order valence-corrected chi connectivity index (χ4v) is 0.906. The topological polar surface area (TPSA) is 46.2 Å². The lowest BCUT2D eigenvalue weighted by Gasteiger charge is -2.18. The Kier molecular flexibility index (Phi) is 11.7. The van der Waals surface area contributed by atoms with Crippen molar-refractivity contribution in [3.8, 4) is 0 Å². The van der Waals surface area contributed by atoms with Crippen molar-refractivity contribution in [2.75, 3.05) is 47.3 Å². The van der Waals surface area contributed by atoms with E-state index in [2.05, 4.69) is 16.6 Å². The summed E-state index contributed by atoms with van der Waals surface area (Å²) in [6.45, 7) is 2.43. The molecule has 0 aromatic carbocycles. The minimum absolute atomic E-state index is 0.363. The highest BCUT2D eigenvalue weighted by molar-refractivity contribution is 5.97. The van der Waals surface area contributed by atoms with Crippen molar-refractivity contribution in [1.82, 2.24) is 0 Å². The second-order valence-corrected chi connectivity index (χ2v) is 2.82. The van der Waals surface area contributed by atoms with Crippen LogP contribution < -0.4 is 0 Å². The van der Waals surface area contributed by atoms with Gasteiger partial charge in [0.2, 0.25) is 0 Å². The molecule has 0 aliphatic carbocycles. The summed E-state index contributed by atoms with van der Waals surface area (Å²) in [6.07, 6.45) is -0.363. The zero-order chi connectivity index (χ0) is 10.6. The van der Waals surface area contributed by atoms with Crippen molar-refractivity contribution < 1.29 is 22.7 Å². The number of methoxy groups -OCH3 is 2. The Balaban J connectivity index is 3.44. The Morgan fingerprint density at radius 2 is 1.43 bits per heavy atom. The third-order valence-corrected chi connectivity index (χ3v) is 1.61. The SMILES string of the molecule is COCCOC(C[O][Al])OCCOC. The van der Waals surface area contributed by atoms with E-state index < -0.39 is 0 Å². The Labute approximate surface area is 93.4 Å². The number of ether oxygens (including phenoxy) is 4. The second-order valence-electron chi connectivity index (χ2n) is 2.49. The van der Waals surface area contributed by atoms with Gasteiger partial charge in [0, 0.05) is 14.2 Å². The van der Waals surface area contributed by atoms with Crippen LogP contribution in [0.1, 0.15) is 0 Å². The molecule has 2 radical (unpaired) electrons. The molecule has 0 saturated carbocycles. The largest absolute Gasteiger partial charge is 0.512 e. The Morgan fingerprint density at radius 3 is 1.79 bits per heavy atom. The first kappa shape index (κ1) is 14.3. The van der Waals surface area contributed by atoms with E-state index in [9.17, 15) is 0 Å². The maximum absolute atomic E-state index is 5.33. The first-order valence-electron chi connectivity index (χ1n) is 4.38. The first-order chi connectivity index (χ1) is 6.85. The van der Waals surface area contributed by atoms with Crippen LogP contribution >= 0.6 is 0 Å². The molecule has 0 aromatic rings. The molecule has 0 aliphatic heterocycles. The molecule has 5 nitrogen and oxygen atoms in total. The molecule has 0 saturated heterocycles. The van der Waals surface area contributed by atoms with Crippen LogP contribution in [0.5, 0.6) is 0 Å². The van der Waals surface area contributed by atoms with Crippen LogP contribution in [-0.2, 0) is 22.7 Å². The summed E-state index contributed by atoms with van der Waals surface area (Å²) in [5.41, 5.74) is 0. The summed E-state index contributed by atoms with van der Waals surface area (Å²) in [6, 6.07) is 0. The van der Waals surface area contributed by atoms with Crippen LogP contribution in [-0.4, -0.2) is 70.2 Å². The van der Waals surface area contributed by atoms with Crippen LogP contribution in [0.2, 0.25) is 0 Å². The van der Waals surface area contributed by atoms with E-state index in [1.165, 1.54) is 0 Å². The summed E-state index contributed by atoms with van der Waals surface area (Å²) in [5.74, 6) is 0. The predicted molar refractivity (Wildman–Crippen MR) is 51.2 cm³/mol. The summed E-state index contributed by atoms with van der Waals surface area (Å²) in [4.78, 5) is 0. The fraction of sp³-hybridized carbons (Fsp3) is 1.00. The highest BCUT2D eigenvalue weighted by Gasteiger charge is 2.07. The smallest absolute Gasteiger partial charge is 0.369 e. The average Bonchev–Trinajstić information content (AvgIpc) is 2.18. The molecule has 0 amide bonds. The molecule has 0 bridgehead atoms. The quantitative estimate of drug-likeness (QED) is 0.288. The van der Waals surface area contributed by atoms with Gasteiger partial charge in [-0.1, -0.05) is 0 Å². The highest BCUT2D eigenvalue weighted by atomic mass is 27.1. The van der Waals surface area contributed by atoms with Crippen molar-refractivity contribution >= 4 is 16.6 Å². The third-order valence-electron chi connectivity index (χ3n) is 1.41. The number of hydrogen-bond donors (Lipinski definition) is 0. The molecule has 0 fully saturated rings. The number of rotatable bonds is 10. The lowest BCUT2D eigenvalue weighted by atomic mass is 10.6. The van der Waals surface area contributed by atoms with Crippen molar-refractivity contribution in [2.24, 2.45) is 0 Å². The third kappa shape index (κ3) is 8.91. The van der Waals surface area contributed by atoms with Gasteiger partial charge >= 0.3 is 16.6 Å². The molecule has 6 heteroatoms. The summed E-state index contributed by atoms with van der Waals surface area (Å²) in [7, 11) is 3.24. The molecule has 0 aromatic heterocycles. The van der Waals surface area contributed by atoms with Gasteiger partial charge in [0.15, 0.2) is 6.29 Å². The van der Waals surface area contributed by atoms with Crippen LogP contribution in [0.25, 0.3) is 0 Å². The second kappa shape index (κ2) is 11.4. The van der Waals surface area contributed by atoms with E-state index in [4.69, 9.17) is 22.7 Å². The van der Waals surface area contributed by atoms with E-state index >= 15 is 0 Å². The van der Waals surface area contributed by atoms with Gasteiger partial charge in [0.1, 0.15) is 0 Å². The van der Waals surface area contributed by atoms with Crippen LogP contribution in [0.3, 0.4) is 0 Å². The molecule has 82 valence electrons. The van der Waals surface area contributed by atoms with Gasteiger partial charge in [-0.3, -0.25) is 0 Å². The average molecular weight is 220 g/mol. The van der Waals surface area contributed by atoms with Gasteiger partial charge in [0.25, 0.3) is 0 Å². The van der Waals surface area contributed by atoms with Crippen molar-refractivity contribution in [3.63, 3.8) is 0 Å². The molecular formula is C8H17AlO5. The summed E-state index contributed by atoms with van der Waals surface area (Å²) in [5, 5.41) is 0. The lowest BCUT2D eigenvalue weighted by Crippen LogP contribution is -2.26. The number of hydrogen-bond acceptors (Lipinski definition) is 5. The molecule has 0 unspecified atom stereocenters. The van der Waals surface area contributed by atoms with Crippen molar-refractivity contribution in [1.29, 1.82) is 0 Å². The minimum atomic E-state index is -0.363.